The van der Waals surface area contributed by atoms with Gasteiger partial charge in [0.15, 0.2) is 0 Å². The monoisotopic (exact) mass is 350 g/mol. The number of ether oxygens (including phenoxy) is 1. The van der Waals surface area contributed by atoms with Crippen LogP contribution in [0.4, 0.5) is 4.39 Å². The fourth-order valence-electron chi connectivity index (χ4n) is 2.14. The number of amides is 1. The Kier molecular flexibility index (Phi) is 7.02. The minimum atomic E-state index is -0.467. The van der Waals surface area contributed by atoms with Crippen LogP contribution in [-0.4, -0.2) is 41.7 Å². The van der Waals surface area contributed by atoms with Gasteiger partial charge in [0.2, 0.25) is 0 Å². The molecule has 1 aromatic heterocycles. The quantitative estimate of drug-likeness (QED) is 0.775. The molecule has 0 bridgehead atoms. The second-order valence-electron chi connectivity index (χ2n) is 4.63. The van der Waals surface area contributed by atoms with Crippen LogP contribution in [0.2, 0.25) is 0 Å². The molecule has 6 nitrogen and oxygen atoms in total. The van der Waals surface area contributed by atoms with Crippen LogP contribution < -0.4 is 10.6 Å². The highest BCUT2D eigenvalue weighted by Crippen LogP contribution is 2.12. The van der Waals surface area contributed by atoms with Gasteiger partial charge in [-0.05, 0) is 18.2 Å². The lowest BCUT2D eigenvalue weighted by Gasteiger charge is -2.22. The first-order valence-electron chi connectivity index (χ1n) is 6.46. The first kappa shape index (κ1) is 18.6. The average molecular weight is 351 g/mol. The highest BCUT2D eigenvalue weighted by Gasteiger charge is 2.21. The van der Waals surface area contributed by atoms with Gasteiger partial charge in [0, 0.05) is 13.1 Å². The molecular weight excluding hydrogens is 334 g/mol. The van der Waals surface area contributed by atoms with E-state index in [0.717, 1.165) is 6.54 Å². The van der Waals surface area contributed by atoms with Gasteiger partial charge in [0.05, 0.1) is 24.2 Å². The molecule has 2 aromatic rings. The average Bonchev–Trinajstić information content (AvgIpc) is 2.87. The number of nitrogens with zero attached hydrogens (tertiary/aromatic N) is 1. The number of nitrogens with one attached hydrogen (secondary N) is 3. The van der Waals surface area contributed by atoms with Gasteiger partial charge in [-0.3, -0.25) is 4.79 Å². The van der Waals surface area contributed by atoms with Gasteiger partial charge in [0.25, 0.3) is 5.91 Å². The van der Waals surface area contributed by atoms with Crippen LogP contribution in [0.25, 0.3) is 11.0 Å². The number of fused-ring (bicyclic) bond motifs is 1. The summed E-state index contributed by atoms with van der Waals surface area (Å²) in [5.41, 5.74) is 1.29. The fraction of sp³-hybridized carbons (Fsp3) is 0.385. The molecular formula is C13H17Cl2FN4O2. The summed E-state index contributed by atoms with van der Waals surface area (Å²) in [6.45, 7) is 2.06. The fourth-order valence-corrected chi connectivity index (χ4v) is 2.14. The van der Waals surface area contributed by atoms with E-state index in [4.69, 9.17) is 4.74 Å². The van der Waals surface area contributed by atoms with Crippen molar-refractivity contribution in [2.45, 2.75) is 12.6 Å². The first-order valence-corrected chi connectivity index (χ1v) is 6.46. The minimum Gasteiger partial charge on any atom is -0.366 e. The zero-order valence-corrected chi connectivity index (χ0v) is 13.2. The molecule has 22 heavy (non-hydrogen) atoms. The summed E-state index contributed by atoms with van der Waals surface area (Å²) >= 11 is 0. The van der Waals surface area contributed by atoms with Crippen LogP contribution in [-0.2, 0) is 16.1 Å². The zero-order chi connectivity index (χ0) is 13.9. The summed E-state index contributed by atoms with van der Waals surface area (Å²) < 4.78 is 18.4. The van der Waals surface area contributed by atoms with Crippen molar-refractivity contribution in [3.05, 3.63) is 29.8 Å². The Morgan fingerprint density at radius 2 is 2.27 bits per heavy atom. The number of aromatic nitrogens is 2. The molecule has 1 unspecified atom stereocenters. The predicted molar refractivity (Wildman–Crippen MR) is 85.0 cm³/mol. The molecule has 1 aromatic carbocycles. The summed E-state index contributed by atoms with van der Waals surface area (Å²) in [5, 5.41) is 5.84. The van der Waals surface area contributed by atoms with Crippen LogP contribution in [0, 0.1) is 5.82 Å². The molecule has 1 aliphatic heterocycles. The highest BCUT2D eigenvalue weighted by atomic mass is 35.5. The summed E-state index contributed by atoms with van der Waals surface area (Å²) in [6.07, 6.45) is -0.467. The van der Waals surface area contributed by atoms with Crippen LogP contribution >= 0.6 is 24.8 Å². The van der Waals surface area contributed by atoms with Crippen LogP contribution in [0.5, 0.6) is 0 Å². The number of hydrogen-bond donors (Lipinski definition) is 3. The van der Waals surface area contributed by atoms with Gasteiger partial charge >= 0.3 is 0 Å². The van der Waals surface area contributed by atoms with E-state index in [0.29, 0.717) is 30.0 Å². The van der Waals surface area contributed by atoms with E-state index in [9.17, 15) is 9.18 Å². The number of carbonyl (C=O) groups is 1. The number of morpholine rings is 1. The van der Waals surface area contributed by atoms with Gasteiger partial charge in [-0.15, -0.1) is 24.8 Å². The van der Waals surface area contributed by atoms with E-state index in [1.807, 2.05) is 0 Å². The zero-order valence-electron chi connectivity index (χ0n) is 11.6. The molecule has 3 rings (SSSR count). The van der Waals surface area contributed by atoms with E-state index >= 15 is 0 Å². The Labute approximate surface area is 139 Å². The number of imidazole rings is 1. The molecule has 9 heteroatoms. The maximum Gasteiger partial charge on any atom is 0.250 e. The molecule has 1 aliphatic rings. The van der Waals surface area contributed by atoms with Gasteiger partial charge in [-0.2, -0.15) is 0 Å². The van der Waals surface area contributed by atoms with E-state index in [1.54, 1.807) is 6.07 Å². The number of rotatable bonds is 3. The molecule has 1 saturated heterocycles. The molecule has 0 radical (unpaired) electrons. The number of H-pyrrole nitrogens is 1. The third-order valence-electron chi connectivity index (χ3n) is 3.14. The number of carbonyl (C=O) groups excluding carboxylic acids is 1. The SMILES string of the molecule is Cl.Cl.O=C(NCc1nc2ccc(F)cc2[nH]1)C1CNCCO1. The third-order valence-corrected chi connectivity index (χ3v) is 3.14. The first-order chi connectivity index (χ1) is 9.72. The Morgan fingerprint density at radius 1 is 1.45 bits per heavy atom. The van der Waals surface area contributed by atoms with Crippen LogP contribution in [0.3, 0.4) is 0 Å². The molecule has 1 atom stereocenters. The van der Waals surface area contributed by atoms with Crippen molar-refractivity contribution in [2.24, 2.45) is 0 Å². The topological polar surface area (TPSA) is 79.0 Å². The smallest absolute Gasteiger partial charge is 0.250 e. The van der Waals surface area contributed by atoms with Crippen molar-refractivity contribution < 1.29 is 13.9 Å². The molecule has 122 valence electrons. The summed E-state index contributed by atoms with van der Waals surface area (Å²) in [7, 11) is 0. The number of halogens is 3. The van der Waals surface area contributed by atoms with E-state index < -0.39 is 6.10 Å². The number of aromatic amines is 1. The van der Waals surface area contributed by atoms with E-state index in [2.05, 4.69) is 20.6 Å². The van der Waals surface area contributed by atoms with Crippen molar-refractivity contribution in [3.63, 3.8) is 0 Å². The normalized spacial score (nSPS) is 17.4. The molecule has 0 aliphatic carbocycles. The Balaban J connectivity index is 0.00000121. The van der Waals surface area contributed by atoms with Crippen molar-refractivity contribution in [2.75, 3.05) is 19.7 Å². The molecule has 0 saturated carbocycles. The summed E-state index contributed by atoms with van der Waals surface area (Å²) in [4.78, 5) is 19.1. The van der Waals surface area contributed by atoms with Gasteiger partial charge < -0.3 is 20.4 Å². The van der Waals surface area contributed by atoms with Crippen molar-refractivity contribution in [1.82, 2.24) is 20.6 Å². The molecule has 2 heterocycles. The Bertz CT molecular complexity index is 632. The largest absolute Gasteiger partial charge is 0.366 e. The molecule has 1 fully saturated rings. The Morgan fingerprint density at radius 3 is 3.00 bits per heavy atom. The second kappa shape index (κ2) is 8.28. The number of benzene rings is 1. The summed E-state index contributed by atoms with van der Waals surface area (Å²) in [6, 6.07) is 4.33. The Hall–Kier alpha value is -1.41. The van der Waals surface area contributed by atoms with Crippen LogP contribution in [0.1, 0.15) is 5.82 Å². The van der Waals surface area contributed by atoms with Crippen molar-refractivity contribution >= 4 is 41.8 Å². The van der Waals surface area contributed by atoms with Crippen LogP contribution in [0.15, 0.2) is 18.2 Å². The third kappa shape index (κ3) is 4.30. The maximum absolute atomic E-state index is 13.1. The molecule has 3 N–H and O–H groups in total. The maximum atomic E-state index is 13.1. The number of hydrogen-bond acceptors (Lipinski definition) is 4. The molecule has 0 spiro atoms. The second-order valence-corrected chi connectivity index (χ2v) is 4.63. The minimum absolute atomic E-state index is 0. The lowest BCUT2D eigenvalue weighted by Crippen LogP contribution is -2.47. The van der Waals surface area contributed by atoms with Gasteiger partial charge in [-0.25, -0.2) is 9.37 Å². The van der Waals surface area contributed by atoms with E-state index in [1.165, 1.54) is 12.1 Å². The summed E-state index contributed by atoms with van der Waals surface area (Å²) in [5.74, 6) is 0.0879. The van der Waals surface area contributed by atoms with Crippen molar-refractivity contribution in [1.29, 1.82) is 0 Å². The standard InChI is InChI=1S/C13H15FN4O2.2ClH/c14-8-1-2-9-10(5-8)18-12(17-9)7-16-13(19)11-6-15-3-4-20-11;;/h1-2,5,11,15H,3-4,6-7H2,(H,16,19)(H,17,18);2*1H. The van der Waals surface area contributed by atoms with Crippen molar-refractivity contribution in [3.8, 4) is 0 Å². The van der Waals surface area contributed by atoms with E-state index in [-0.39, 0.29) is 43.1 Å². The van der Waals surface area contributed by atoms with Gasteiger partial charge in [-0.1, -0.05) is 0 Å². The lowest BCUT2D eigenvalue weighted by atomic mass is 10.3. The predicted octanol–water partition coefficient (Wildman–Crippen LogP) is 1.15. The highest BCUT2D eigenvalue weighted by molar-refractivity contribution is 5.85. The van der Waals surface area contributed by atoms with Gasteiger partial charge in [0.1, 0.15) is 17.7 Å². The molecule has 1 amide bonds. The lowest BCUT2D eigenvalue weighted by molar-refractivity contribution is -0.134.